The highest BCUT2D eigenvalue weighted by Gasteiger charge is 2.45. The smallest absolute Gasteiger partial charge is 0.422 e. The van der Waals surface area contributed by atoms with Crippen LogP contribution < -0.4 is 10.1 Å². The molecule has 1 fully saturated rings. The number of halogens is 6. The van der Waals surface area contributed by atoms with Gasteiger partial charge in [0.1, 0.15) is 0 Å². The van der Waals surface area contributed by atoms with Crippen molar-refractivity contribution in [1.29, 1.82) is 0 Å². The summed E-state index contributed by atoms with van der Waals surface area (Å²) in [6.45, 7) is -2.00. The zero-order valence-corrected chi connectivity index (χ0v) is 12.3. The van der Waals surface area contributed by atoms with Gasteiger partial charge in [0.05, 0.1) is 0 Å². The lowest BCUT2D eigenvalue weighted by atomic mass is 9.79. The number of hydrogen-bond donors (Lipinski definition) is 1. The van der Waals surface area contributed by atoms with Gasteiger partial charge in [-0.15, -0.1) is 0 Å². The number of hydrogen-bond acceptors (Lipinski definition) is 3. The highest BCUT2D eigenvalue weighted by molar-refractivity contribution is 5.76. The fourth-order valence-corrected chi connectivity index (χ4v) is 2.31. The Morgan fingerprint density at radius 1 is 1.38 bits per heavy atom. The van der Waals surface area contributed by atoms with E-state index < -0.39 is 42.2 Å². The van der Waals surface area contributed by atoms with Crippen molar-refractivity contribution in [1.82, 2.24) is 10.3 Å². The van der Waals surface area contributed by atoms with Crippen molar-refractivity contribution in [3.05, 3.63) is 23.6 Å². The third kappa shape index (κ3) is 5.27. The molecule has 0 unspecified atom stereocenters. The molecule has 0 radical (unpaired) electrons. The van der Waals surface area contributed by atoms with Crippen LogP contribution in [0.25, 0.3) is 0 Å². The number of nitrogens with zero attached hydrogens (tertiary/aromatic N) is 1. The van der Waals surface area contributed by atoms with Crippen molar-refractivity contribution < 1.29 is 35.9 Å². The number of nitrogens with one attached hydrogen (secondary N) is 1. The summed E-state index contributed by atoms with van der Waals surface area (Å²) in [6, 6.07) is 1.17. The molecule has 1 aromatic heterocycles. The third-order valence-corrected chi connectivity index (χ3v) is 3.43. The van der Waals surface area contributed by atoms with Gasteiger partial charge in [0.15, 0.2) is 12.4 Å². The van der Waals surface area contributed by atoms with Crippen molar-refractivity contribution in [3.8, 4) is 5.88 Å². The fourth-order valence-electron chi connectivity index (χ4n) is 2.31. The lowest BCUT2D eigenvalue weighted by Crippen LogP contribution is -2.38. The number of aromatic nitrogens is 1. The van der Waals surface area contributed by atoms with Crippen LogP contribution in [0.5, 0.6) is 5.88 Å². The van der Waals surface area contributed by atoms with Gasteiger partial charge in [0.25, 0.3) is 5.88 Å². The van der Waals surface area contributed by atoms with Crippen molar-refractivity contribution in [2.24, 2.45) is 5.92 Å². The zero-order valence-electron chi connectivity index (χ0n) is 12.3. The first-order chi connectivity index (χ1) is 11.1. The Bertz CT molecular complexity index is 597. The monoisotopic (exact) mass is 356 g/mol. The summed E-state index contributed by atoms with van der Waals surface area (Å²) in [5.41, 5.74) is -0.116. The molecule has 1 aliphatic rings. The molecule has 24 heavy (non-hydrogen) atoms. The molecule has 0 spiro atoms. The number of ether oxygens (including phenoxy) is 1. The van der Waals surface area contributed by atoms with E-state index in [-0.39, 0.29) is 31.4 Å². The van der Waals surface area contributed by atoms with Gasteiger partial charge in [0.2, 0.25) is 11.8 Å². The molecule has 0 aliphatic heterocycles. The molecular weight excluding hydrogens is 342 g/mol. The standard InChI is InChI=1S/C14H14F6N2O2/c15-11-9(1-2-21-12(11)24-7-14(18,19)20)6-22-10(23)3-8-4-13(16,17)5-8/h1-2,8H,3-7H2,(H,22,23). The number of pyridine rings is 1. The molecule has 10 heteroatoms. The van der Waals surface area contributed by atoms with Crippen LogP contribution in [-0.2, 0) is 11.3 Å². The van der Waals surface area contributed by atoms with Gasteiger partial charge in [-0.3, -0.25) is 4.79 Å². The Kier molecular flexibility index (Phi) is 5.24. The SMILES string of the molecule is O=C(CC1CC(F)(F)C1)NCc1ccnc(OCC(F)(F)F)c1F. The Labute approximate surface area is 133 Å². The number of carbonyl (C=O) groups excluding carboxylic acids is 1. The molecule has 1 saturated carbocycles. The molecule has 1 heterocycles. The minimum atomic E-state index is -4.64. The first kappa shape index (κ1) is 18.3. The Morgan fingerprint density at radius 2 is 2.04 bits per heavy atom. The minimum Gasteiger partial charge on any atom is -0.466 e. The van der Waals surface area contributed by atoms with Crippen molar-refractivity contribution in [2.45, 2.75) is 37.9 Å². The summed E-state index contributed by atoms with van der Waals surface area (Å²) >= 11 is 0. The van der Waals surface area contributed by atoms with Gasteiger partial charge < -0.3 is 10.1 Å². The van der Waals surface area contributed by atoms with E-state index in [9.17, 15) is 31.1 Å². The first-order valence-corrected chi connectivity index (χ1v) is 7.03. The molecule has 1 aliphatic carbocycles. The van der Waals surface area contributed by atoms with Crippen LogP contribution >= 0.6 is 0 Å². The van der Waals surface area contributed by atoms with E-state index >= 15 is 0 Å². The number of rotatable bonds is 6. The van der Waals surface area contributed by atoms with Crippen LogP contribution in [0.3, 0.4) is 0 Å². The molecule has 1 N–H and O–H groups in total. The van der Waals surface area contributed by atoms with Crippen molar-refractivity contribution >= 4 is 5.91 Å². The molecule has 0 saturated heterocycles. The Morgan fingerprint density at radius 3 is 2.62 bits per heavy atom. The Hall–Kier alpha value is -2.00. The molecular formula is C14H14F6N2O2. The van der Waals surface area contributed by atoms with Gasteiger partial charge >= 0.3 is 6.18 Å². The fraction of sp³-hybridized carbons (Fsp3) is 0.571. The largest absolute Gasteiger partial charge is 0.466 e. The predicted octanol–water partition coefficient (Wildman–Crippen LogP) is 3.21. The summed E-state index contributed by atoms with van der Waals surface area (Å²) in [5, 5.41) is 2.34. The van der Waals surface area contributed by atoms with Crippen LogP contribution in [-0.4, -0.2) is 29.6 Å². The molecule has 0 bridgehead atoms. The van der Waals surface area contributed by atoms with E-state index in [0.717, 1.165) is 6.20 Å². The summed E-state index contributed by atoms with van der Waals surface area (Å²) in [6.07, 6.45) is -4.43. The van der Waals surface area contributed by atoms with Crippen LogP contribution in [0.2, 0.25) is 0 Å². The highest BCUT2D eigenvalue weighted by atomic mass is 19.4. The van der Waals surface area contributed by atoms with Crippen LogP contribution in [0.4, 0.5) is 26.3 Å². The molecule has 4 nitrogen and oxygen atoms in total. The summed E-state index contributed by atoms with van der Waals surface area (Å²) < 4.78 is 79.7. The van der Waals surface area contributed by atoms with Gasteiger partial charge in [-0.2, -0.15) is 13.2 Å². The maximum absolute atomic E-state index is 13.9. The van der Waals surface area contributed by atoms with E-state index in [1.807, 2.05) is 0 Å². The summed E-state index contributed by atoms with van der Waals surface area (Å²) in [5.74, 6) is -5.63. The predicted molar refractivity (Wildman–Crippen MR) is 69.9 cm³/mol. The Balaban J connectivity index is 1.85. The lowest BCUT2D eigenvalue weighted by Gasteiger charge is -2.34. The summed E-state index contributed by atoms with van der Waals surface area (Å²) in [7, 11) is 0. The second-order valence-electron chi connectivity index (χ2n) is 5.60. The van der Waals surface area contributed by atoms with Crippen molar-refractivity contribution in [3.63, 3.8) is 0 Å². The third-order valence-electron chi connectivity index (χ3n) is 3.43. The normalized spacial score (nSPS) is 17.2. The van der Waals surface area contributed by atoms with Gasteiger partial charge in [-0.05, 0) is 12.0 Å². The molecule has 1 amide bonds. The van der Waals surface area contributed by atoms with E-state index in [2.05, 4.69) is 15.0 Å². The topological polar surface area (TPSA) is 51.2 Å². The van der Waals surface area contributed by atoms with Gasteiger partial charge in [-0.1, -0.05) is 0 Å². The lowest BCUT2D eigenvalue weighted by molar-refractivity contribution is -0.154. The van der Waals surface area contributed by atoms with E-state index in [1.165, 1.54) is 6.07 Å². The van der Waals surface area contributed by atoms with E-state index in [0.29, 0.717) is 0 Å². The number of amides is 1. The molecule has 0 atom stereocenters. The number of carbonyl (C=O) groups is 1. The molecule has 2 rings (SSSR count). The van der Waals surface area contributed by atoms with Crippen LogP contribution in [0.1, 0.15) is 24.8 Å². The maximum atomic E-state index is 13.9. The quantitative estimate of drug-likeness (QED) is 0.797. The van der Waals surface area contributed by atoms with Gasteiger partial charge in [0, 0.05) is 37.6 Å². The van der Waals surface area contributed by atoms with E-state index in [4.69, 9.17) is 0 Å². The van der Waals surface area contributed by atoms with Crippen LogP contribution in [0, 0.1) is 11.7 Å². The van der Waals surface area contributed by atoms with Crippen molar-refractivity contribution in [2.75, 3.05) is 6.61 Å². The van der Waals surface area contributed by atoms with Crippen LogP contribution in [0.15, 0.2) is 12.3 Å². The number of alkyl halides is 5. The highest BCUT2D eigenvalue weighted by Crippen LogP contribution is 2.43. The van der Waals surface area contributed by atoms with Gasteiger partial charge in [-0.25, -0.2) is 18.2 Å². The van der Waals surface area contributed by atoms with E-state index in [1.54, 1.807) is 0 Å². The summed E-state index contributed by atoms with van der Waals surface area (Å²) in [4.78, 5) is 15.0. The zero-order chi connectivity index (χ0) is 18.0. The average molecular weight is 356 g/mol. The second kappa shape index (κ2) is 6.86. The maximum Gasteiger partial charge on any atom is 0.422 e. The average Bonchev–Trinajstić information content (AvgIpc) is 2.42. The minimum absolute atomic E-state index is 0.111. The molecule has 134 valence electrons. The molecule has 1 aromatic rings. The first-order valence-electron chi connectivity index (χ1n) is 7.03. The molecule has 0 aromatic carbocycles. The second-order valence-corrected chi connectivity index (χ2v) is 5.60.